The molecule has 1 aromatic carbocycles. The molecular formula is C15H21NO4. The summed E-state index contributed by atoms with van der Waals surface area (Å²) in [5, 5.41) is 2.81. The van der Waals surface area contributed by atoms with E-state index in [1.54, 1.807) is 24.3 Å². The Balaban J connectivity index is 2.55. The van der Waals surface area contributed by atoms with E-state index < -0.39 is 5.97 Å². The third kappa shape index (κ3) is 5.73. The van der Waals surface area contributed by atoms with Gasteiger partial charge in [-0.1, -0.05) is 26.3 Å². The highest BCUT2D eigenvalue weighted by atomic mass is 16.6. The number of ether oxygens (including phenoxy) is 2. The summed E-state index contributed by atoms with van der Waals surface area (Å²) in [6.45, 7) is 3.94. The number of amides is 1. The summed E-state index contributed by atoms with van der Waals surface area (Å²) in [5.74, 6) is 0.395. The van der Waals surface area contributed by atoms with Crippen molar-refractivity contribution < 1.29 is 19.1 Å². The number of esters is 1. The molecule has 0 saturated heterocycles. The third-order valence-electron chi connectivity index (χ3n) is 2.93. The molecule has 0 heterocycles. The molecule has 1 amide bonds. The lowest BCUT2D eigenvalue weighted by atomic mass is 10.1. The first-order chi connectivity index (χ1) is 9.55. The first-order valence-corrected chi connectivity index (χ1v) is 6.64. The van der Waals surface area contributed by atoms with Crippen LogP contribution in [0.2, 0.25) is 0 Å². The fourth-order valence-corrected chi connectivity index (χ4v) is 1.54. The van der Waals surface area contributed by atoms with Gasteiger partial charge in [0.1, 0.15) is 5.75 Å². The molecule has 1 rings (SSSR count). The van der Waals surface area contributed by atoms with E-state index in [0.717, 1.165) is 6.42 Å². The van der Waals surface area contributed by atoms with Gasteiger partial charge in [0.25, 0.3) is 0 Å². The summed E-state index contributed by atoms with van der Waals surface area (Å²) in [4.78, 5) is 22.8. The van der Waals surface area contributed by atoms with Crippen LogP contribution >= 0.6 is 0 Å². The van der Waals surface area contributed by atoms with Crippen LogP contribution in [0, 0.1) is 5.92 Å². The molecule has 1 N–H and O–H groups in total. The van der Waals surface area contributed by atoms with E-state index in [2.05, 4.69) is 17.0 Å². The van der Waals surface area contributed by atoms with Crippen LogP contribution in [0.5, 0.6) is 5.75 Å². The van der Waals surface area contributed by atoms with E-state index in [1.165, 1.54) is 7.11 Å². The highest BCUT2D eigenvalue weighted by Gasteiger charge is 2.08. The maximum absolute atomic E-state index is 11.8. The van der Waals surface area contributed by atoms with E-state index in [1.807, 2.05) is 6.92 Å². The van der Waals surface area contributed by atoms with Crippen LogP contribution in [0.15, 0.2) is 24.3 Å². The molecule has 0 fully saturated rings. The summed E-state index contributed by atoms with van der Waals surface area (Å²) in [6, 6.07) is 6.93. The van der Waals surface area contributed by atoms with Crippen LogP contribution in [0.1, 0.15) is 26.7 Å². The Morgan fingerprint density at radius 2 is 2.10 bits per heavy atom. The lowest BCUT2D eigenvalue weighted by molar-refractivity contribution is -0.142. The maximum Gasteiger partial charge on any atom is 0.343 e. The van der Waals surface area contributed by atoms with E-state index in [9.17, 15) is 9.59 Å². The Bertz CT molecular complexity index is 459. The molecular weight excluding hydrogens is 258 g/mol. The SMILES string of the molecule is CCC(C)CC(=O)Nc1cccc(OCC(=O)OC)c1. The summed E-state index contributed by atoms with van der Waals surface area (Å²) < 4.78 is 9.75. The van der Waals surface area contributed by atoms with Gasteiger partial charge >= 0.3 is 5.97 Å². The molecule has 110 valence electrons. The minimum Gasteiger partial charge on any atom is -0.482 e. The number of benzene rings is 1. The summed E-state index contributed by atoms with van der Waals surface area (Å²) in [7, 11) is 1.30. The number of hydrogen-bond acceptors (Lipinski definition) is 4. The van der Waals surface area contributed by atoms with Crippen molar-refractivity contribution in [2.75, 3.05) is 19.0 Å². The highest BCUT2D eigenvalue weighted by Crippen LogP contribution is 2.18. The van der Waals surface area contributed by atoms with Crippen LogP contribution in [-0.4, -0.2) is 25.6 Å². The van der Waals surface area contributed by atoms with Crippen LogP contribution in [0.4, 0.5) is 5.69 Å². The van der Waals surface area contributed by atoms with E-state index in [4.69, 9.17) is 4.74 Å². The minimum absolute atomic E-state index is 0.0236. The molecule has 0 aliphatic heterocycles. The molecule has 0 aliphatic rings. The Hall–Kier alpha value is -2.04. The van der Waals surface area contributed by atoms with E-state index >= 15 is 0 Å². The van der Waals surface area contributed by atoms with Gasteiger partial charge in [0.15, 0.2) is 6.61 Å². The van der Waals surface area contributed by atoms with Gasteiger partial charge in [-0.2, -0.15) is 0 Å². The van der Waals surface area contributed by atoms with Crippen molar-refractivity contribution in [3.05, 3.63) is 24.3 Å². The van der Waals surface area contributed by atoms with Crippen LogP contribution in [0.25, 0.3) is 0 Å². The number of hydrogen-bond donors (Lipinski definition) is 1. The van der Waals surface area contributed by atoms with Crippen molar-refractivity contribution in [1.29, 1.82) is 0 Å². The van der Waals surface area contributed by atoms with Gasteiger partial charge in [-0.05, 0) is 18.1 Å². The summed E-state index contributed by atoms with van der Waals surface area (Å²) in [5.41, 5.74) is 0.653. The summed E-state index contributed by atoms with van der Waals surface area (Å²) >= 11 is 0. The molecule has 1 unspecified atom stereocenters. The van der Waals surface area contributed by atoms with E-state index in [0.29, 0.717) is 23.8 Å². The molecule has 20 heavy (non-hydrogen) atoms. The molecule has 0 bridgehead atoms. The maximum atomic E-state index is 11.8. The average Bonchev–Trinajstić information content (AvgIpc) is 2.44. The van der Waals surface area contributed by atoms with Crippen LogP contribution in [-0.2, 0) is 14.3 Å². The van der Waals surface area contributed by atoms with Crippen molar-refractivity contribution in [1.82, 2.24) is 0 Å². The van der Waals surface area contributed by atoms with Crippen LogP contribution in [0.3, 0.4) is 0 Å². The molecule has 0 saturated carbocycles. The van der Waals surface area contributed by atoms with Gasteiger partial charge in [0.2, 0.25) is 5.91 Å². The van der Waals surface area contributed by atoms with Crippen molar-refractivity contribution in [2.24, 2.45) is 5.92 Å². The van der Waals surface area contributed by atoms with E-state index in [-0.39, 0.29) is 12.5 Å². The molecule has 5 heteroatoms. The first kappa shape index (κ1) is 16.0. The number of rotatable bonds is 7. The topological polar surface area (TPSA) is 64.6 Å². The second kappa shape index (κ2) is 8.19. The minimum atomic E-state index is -0.448. The lowest BCUT2D eigenvalue weighted by Gasteiger charge is -2.10. The predicted octanol–water partition coefficient (Wildman–Crippen LogP) is 2.61. The highest BCUT2D eigenvalue weighted by molar-refractivity contribution is 5.91. The number of carbonyl (C=O) groups excluding carboxylic acids is 2. The Morgan fingerprint density at radius 3 is 2.75 bits per heavy atom. The third-order valence-corrected chi connectivity index (χ3v) is 2.93. The number of nitrogens with one attached hydrogen (secondary N) is 1. The van der Waals surface area contributed by atoms with Gasteiger partial charge in [0.05, 0.1) is 7.11 Å². The van der Waals surface area contributed by atoms with Gasteiger partial charge in [-0.3, -0.25) is 4.79 Å². The zero-order valence-electron chi connectivity index (χ0n) is 12.1. The smallest absolute Gasteiger partial charge is 0.343 e. The predicted molar refractivity (Wildman–Crippen MR) is 76.7 cm³/mol. The van der Waals surface area contributed by atoms with Crippen molar-refractivity contribution >= 4 is 17.6 Å². The molecule has 0 aliphatic carbocycles. The number of anilines is 1. The van der Waals surface area contributed by atoms with Gasteiger partial charge < -0.3 is 14.8 Å². The first-order valence-electron chi connectivity index (χ1n) is 6.64. The van der Waals surface area contributed by atoms with Crippen molar-refractivity contribution in [2.45, 2.75) is 26.7 Å². The van der Waals surface area contributed by atoms with Gasteiger partial charge in [-0.15, -0.1) is 0 Å². The van der Waals surface area contributed by atoms with Gasteiger partial charge in [-0.25, -0.2) is 4.79 Å². The largest absolute Gasteiger partial charge is 0.482 e. The second-order valence-electron chi connectivity index (χ2n) is 4.66. The average molecular weight is 279 g/mol. The lowest BCUT2D eigenvalue weighted by Crippen LogP contribution is -2.15. The fourth-order valence-electron chi connectivity index (χ4n) is 1.54. The van der Waals surface area contributed by atoms with Crippen LogP contribution < -0.4 is 10.1 Å². The molecule has 0 aromatic heterocycles. The monoisotopic (exact) mass is 279 g/mol. The summed E-state index contributed by atoms with van der Waals surface area (Å²) in [6.07, 6.45) is 1.46. The fraction of sp³-hybridized carbons (Fsp3) is 0.467. The number of carbonyl (C=O) groups is 2. The Labute approximate surface area is 119 Å². The molecule has 0 radical (unpaired) electrons. The zero-order valence-corrected chi connectivity index (χ0v) is 12.1. The quantitative estimate of drug-likeness (QED) is 0.779. The zero-order chi connectivity index (χ0) is 15.0. The molecule has 1 aromatic rings. The molecule has 5 nitrogen and oxygen atoms in total. The van der Waals surface area contributed by atoms with Gasteiger partial charge in [0, 0.05) is 18.2 Å². The van der Waals surface area contributed by atoms with Crippen molar-refractivity contribution in [3.8, 4) is 5.75 Å². The molecule has 0 spiro atoms. The number of methoxy groups -OCH3 is 1. The Morgan fingerprint density at radius 1 is 1.35 bits per heavy atom. The molecule has 1 atom stereocenters. The normalized spacial score (nSPS) is 11.6. The second-order valence-corrected chi connectivity index (χ2v) is 4.66. The standard InChI is InChI=1S/C15H21NO4/c1-4-11(2)8-14(17)16-12-6-5-7-13(9-12)20-10-15(18)19-3/h5-7,9,11H,4,8,10H2,1-3H3,(H,16,17). The Kier molecular flexibility index (Phi) is 6.56. The van der Waals surface area contributed by atoms with Crippen molar-refractivity contribution in [3.63, 3.8) is 0 Å².